The molecule has 3 rings (SSSR count). The Balaban J connectivity index is 0.00000192. The molecule has 23 heavy (non-hydrogen) atoms. The lowest BCUT2D eigenvalue weighted by atomic mass is 10.0. The van der Waals surface area contributed by atoms with Crippen LogP contribution in [0.3, 0.4) is 0 Å². The van der Waals surface area contributed by atoms with Gasteiger partial charge < -0.3 is 10.6 Å². The van der Waals surface area contributed by atoms with E-state index in [1.807, 2.05) is 12.1 Å². The summed E-state index contributed by atoms with van der Waals surface area (Å²) >= 11 is 0. The van der Waals surface area contributed by atoms with E-state index in [-0.39, 0.29) is 18.3 Å². The molecule has 2 N–H and O–H groups in total. The molecule has 0 aromatic heterocycles. The SMILES string of the molecule is Cc1ccccc1CCC(=O)NCc1ccc2c(c1)CNC2.Cl. The maximum absolute atomic E-state index is 12.0. The number of carbonyl (C=O) groups is 1. The molecule has 0 atom stereocenters. The number of aryl methyl sites for hydroxylation is 2. The molecule has 122 valence electrons. The predicted molar refractivity (Wildman–Crippen MR) is 95.6 cm³/mol. The van der Waals surface area contributed by atoms with E-state index in [9.17, 15) is 4.79 Å². The topological polar surface area (TPSA) is 41.1 Å². The van der Waals surface area contributed by atoms with E-state index >= 15 is 0 Å². The van der Waals surface area contributed by atoms with E-state index in [0.29, 0.717) is 13.0 Å². The lowest BCUT2D eigenvalue weighted by Gasteiger charge is -2.08. The van der Waals surface area contributed by atoms with Crippen molar-refractivity contribution in [1.29, 1.82) is 0 Å². The van der Waals surface area contributed by atoms with Gasteiger partial charge in [0.2, 0.25) is 5.91 Å². The molecule has 4 heteroatoms. The van der Waals surface area contributed by atoms with Gasteiger partial charge in [0.1, 0.15) is 0 Å². The van der Waals surface area contributed by atoms with Gasteiger partial charge >= 0.3 is 0 Å². The Hall–Kier alpha value is -1.84. The largest absolute Gasteiger partial charge is 0.352 e. The molecule has 1 aliphatic rings. The summed E-state index contributed by atoms with van der Waals surface area (Å²) in [5, 5.41) is 6.36. The highest BCUT2D eigenvalue weighted by Gasteiger charge is 2.10. The number of amides is 1. The normalized spacial score (nSPS) is 12.4. The highest BCUT2D eigenvalue weighted by Crippen LogP contribution is 2.17. The standard InChI is InChI=1S/C19H22N2O.ClH/c1-14-4-2-3-5-16(14)8-9-19(22)21-11-15-6-7-17-12-20-13-18(17)10-15;/h2-7,10,20H,8-9,11-13H2,1H3,(H,21,22);1H. The monoisotopic (exact) mass is 330 g/mol. The van der Waals surface area contributed by atoms with Gasteiger partial charge in [-0.2, -0.15) is 0 Å². The molecule has 1 heterocycles. The van der Waals surface area contributed by atoms with Crippen molar-refractivity contribution in [2.45, 2.75) is 39.4 Å². The van der Waals surface area contributed by atoms with Crippen LogP contribution in [0.25, 0.3) is 0 Å². The van der Waals surface area contributed by atoms with Gasteiger partial charge in [-0.25, -0.2) is 0 Å². The number of halogens is 1. The van der Waals surface area contributed by atoms with Gasteiger partial charge in [-0.05, 0) is 41.2 Å². The Labute approximate surface area is 143 Å². The molecule has 0 unspecified atom stereocenters. The first kappa shape index (κ1) is 17.5. The van der Waals surface area contributed by atoms with Crippen LogP contribution in [0.1, 0.15) is 34.2 Å². The van der Waals surface area contributed by atoms with Gasteiger partial charge in [-0.15, -0.1) is 12.4 Å². The Morgan fingerprint density at radius 3 is 2.74 bits per heavy atom. The first-order chi connectivity index (χ1) is 10.7. The van der Waals surface area contributed by atoms with Crippen LogP contribution in [0.5, 0.6) is 0 Å². The molecule has 0 fully saturated rings. The fourth-order valence-electron chi connectivity index (χ4n) is 2.89. The summed E-state index contributed by atoms with van der Waals surface area (Å²) < 4.78 is 0. The quantitative estimate of drug-likeness (QED) is 0.883. The van der Waals surface area contributed by atoms with Crippen molar-refractivity contribution in [3.63, 3.8) is 0 Å². The predicted octanol–water partition coefficient (Wildman–Crippen LogP) is 3.27. The molecule has 0 saturated heterocycles. The molecule has 2 aromatic carbocycles. The molecule has 0 saturated carbocycles. The lowest BCUT2D eigenvalue weighted by molar-refractivity contribution is -0.121. The summed E-state index contributed by atoms with van der Waals surface area (Å²) in [6, 6.07) is 14.7. The minimum absolute atomic E-state index is 0. The van der Waals surface area contributed by atoms with Crippen molar-refractivity contribution in [2.24, 2.45) is 0 Å². The molecule has 0 spiro atoms. The number of carbonyl (C=O) groups excluding carboxylic acids is 1. The van der Waals surface area contributed by atoms with E-state index in [4.69, 9.17) is 0 Å². The highest BCUT2D eigenvalue weighted by atomic mass is 35.5. The van der Waals surface area contributed by atoms with Crippen LogP contribution in [0.15, 0.2) is 42.5 Å². The minimum Gasteiger partial charge on any atom is -0.352 e. The molecule has 0 bridgehead atoms. The fourth-order valence-corrected chi connectivity index (χ4v) is 2.89. The molecule has 0 aliphatic carbocycles. The van der Waals surface area contributed by atoms with E-state index < -0.39 is 0 Å². The van der Waals surface area contributed by atoms with Gasteiger partial charge in [-0.3, -0.25) is 4.79 Å². The van der Waals surface area contributed by atoms with E-state index in [2.05, 4.69) is 47.9 Å². The average Bonchev–Trinajstić information content (AvgIpc) is 2.99. The molecule has 1 amide bonds. The van der Waals surface area contributed by atoms with Gasteiger partial charge in [0.05, 0.1) is 0 Å². The zero-order chi connectivity index (χ0) is 15.4. The molecular weight excluding hydrogens is 308 g/mol. The number of nitrogens with one attached hydrogen (secondary N) is 2. The number of hydrogen-bond donors (Lipinski definition) is 2. The van der Waals surface area contributed by atoms with Crippen molar-refractivity contribution in [1.82, 2.24) is 10.6 Å². The molecule has 3 nitrogen and oxygen atoms in total. The Morgan fingerprint density at radius 2 is 1.91 bits per heavy atom. The zero-order valence-electron chi connectivity index (χ0n) is 13.4. The third-order valence-corrected chi connectivity index (χ3v) is 4.27. The Morgan fingerprint density at radius 1 is 1.13 bits per heavy atom. The second-order valence-electron chi connectivity index (χ2n) is 5.91. The third-order valence-electron chi connectivity index (χ3n) is 4.27. The van der Waals surface area contributed by atoms with E-state index in [1.165, 1.54) is 27.8 Å². The molecule has 1 aliphatic heterocycles. The Kier molecular flexibility index (Phi) is 6.20. The van der Waals surface area contributed by atoms with E-state index in [0.717, 1.165) is 19.5 Å². The molecule has 0 radical (unpaired) electrons. The summed E-state index contributed by atoms with van der Waals surface area (Å²) in [6.07, 6.45) is 1.34. The number of hydrogen-bond acceptors (Lipinski definition) is 2. The smallest absolute Gasteiger partial charge is 0.220 e. The summed E-state index contributed by atoms with van der Waals surface area (Å²) in [5.41, 5.74) is 6.40. The van der Waals surface area contributed by atoms with Crippen molar-refractivity contribution < 1.29 is 4.79 Å². The highest BCUT2D eigenvalue weighted by molar-refractivity contribution is 5.85. The Bertz CT molecular complexity index is 685. The van der Waals surface area contributed by atoms with Gasteiger partial charge in [0, 0.05) is 26.1 Å². The third kappa shape index (κ3) is 4.57. The van der Waals surface area contributed by atoms with Crippen molar-refractivity contribution in [3.05, 3.63) is 70.3 Å². The van der Waals surface area contributed by atoms with Crippen LogP contribution in [0.2, 0.25) is 0 Å². The van der Waals surface area contributed by atoms with Crippen LogP contribution >= 0.6 is 12.4 Å². The van der Waals surface area contributed by atoms with Gasteiger partial charge in [0.15, 0.2) is 0 Å². The average molecular weight is 331 g/mol. The van der Waals surface area contributed by atoms with Crippen molar-refractivity contribution in [3.8, 4) is 0 Å². The first-order valence-corrected chi connectivity index (χ1v) is 7.85. The lowest BCUT2D eigenvalue weighted by Crippen LogP contribution is -2.23. The van der Waals surface area contributed by atoms with Crippen molar-refractivity contribution in [2.75, 3.05) is 0 Å². The second kappa shape index (κ2) is 8.14. The number of rotatable bonds is 5. The van der Waals surface area contributed by atoms with E-state index in [1.54, 1.807) is 0 Å². The summed E-state index contributed by atoms with van der Waals surface area (Å²) in [4.78, 5) is 12.0. The summed E-state index contributed by atoms with van der Waals surface area (Å²) in [5.74, 6) is 0.113. The van der Waals surface area contributed by atoms with Crippen molar-refractivity contribution >= 4 is 18.3 Å². The number of benzene rings is 2. The maximum Gasteiger partial charge on any atom is 0.220 e. The summed E-state index contributed by atoms with van der Waals surface area (Å²) in [6.45, 7) is 4.59. The van der Waals surface area contributed by atoms with Crippen LogP contribution in [0.4, 0.5) is 0 Å². The number of fused-ring (bicyclic) bond motifs is 1. The van der Waals surface area contributed by atoms with Crippen LogP contribution in [0, 0.1) is 6.92 Å². The fraction of sp³-hybridized carbons (Fsp3) is 0.316. The first-order valence-electron chi connectivity index (χ1n) is 7.85. The van der Waals surface area contributed by atoms with Crippen LogP contribution < -0.4 is 10.6 Å². The molecular formula is C19H23ClN2O. The molecule has 2 aromatic rings. The van der Waals surface area contributed by atoms with Crippen LogP contribution in [-0.4, -0.2) is 5.91 Å². The van der Waals surface area contributed by atoms with Gasteiger partial charge in [-0.1, -0.05) is 42.5 Å². The van der Waals surface area contributed by atoms with Gasteiger partial charge in [0.25, 0.3) is 0 Å². The zero-order valence-corrected chi connectivity index (χ0v) is 14.2. The minimum atomic E-state index is 0. The summed E-state index contributed by atoms with van der Waals surface area (Å²) in [7, 11) is 0. The van der Waals surface area contributed by atoms with Crippen LogP contribution in [-0.2, 0) is 30.8 Å². The maximum atomic E-state index is 12.0. The second-order valence-corrected chi connectivity index (χ2v) is 5.91.